The number of hydrogen-bond donors (Lipinski definition) is 2. The summed E-state index contributed by atoms with van der Waals surface area (Å²) in [5.74, 6) is 7.79. The van der Waals surface area contributed by atoms with Crippen molar-refractivity contribution in [1.82, 2.24) is 0 Å². The average molecular weight is 207 g/mol. The fourth-order valence-corrected chi connectivity index (χ4v) is 0.831. The molecule has 0 radical (unpaired) electrons. The molecule has 1 aromatic rings. The Balaban J connectivity index is 0.000000371. The third kappa shape index (κ3) is 3.55. The molecule has 1 aromatic carbocycles. The molecule has 0 amide bonds. The lowest BCUT2D eigenvalue weighted by Gasteiger charge is -1.85. The standard InChI is InChI=1S/C6H4BrF.H4N2/c7-5-2-1-3-6(8)4-5;1-2/h1-4H;1-2H2. The van der Waals surface area contributed by atoms with Gasteiger partial charge >= 0.3 is 0 Å². The van der Waals surface area contributed by atoms with Crippen molar-refractivity contribution in [3.05, 3.63) is 34.6 Å². The number of hydrogen-bond acceptors (Lipinski definition) is 2. The SMILES string of the molecule is Fc1cccc(Br)c1.NN. The Morgan fingerprint density at radius 3 is 2.20 bits per heavy atom. The highest BCUT2D eigenvalue weighted by molar-refractivity contribution is 9.10. The van der Waals surface area contributed by atoms with Gasteiger partial charge in [0.05, 0.1) is 0 Å². The normalized spacial score (nSPS) is 8.00. The summed E-state index contributed by atoms with van der Waals surface area (Å²) in [7, 11) is 0. The summed E-state index contributed by atoms with van der Waals surface area (Å²) < 4.78 is 12.9. The Morgan fingerprint density at radius 1 is 1.30 bits per heavy atom. The quantitative estimate of drug-likeness (QED) is 0.499. The summed E-state index contributed by atoms with van der Waals surface area (Å²) in [5.41, 5.74) is 0. The third-order valence-corrected chi connectivity index (χ3v) is 1.28. The van der Waals surface area contributed by atoms with E-state index in [1.807, 2.05) is 0 Å². The smallest absolute Gasteiger partial charge is 0.124 e. The third-order valence-electron chi connectivity index (χ3n) is 0.787. The zero-order chi connectivity index (χ0) is 7.98. The molecule has 0 spiro atoms. The molecule has 0 aliphatic rings. The highest BCUT2D eigenvalue weighted by atomic mass is 79.9. The summed E-state index contributed by atoms with van der Waals surface area (Å²) in [6.07, 6.45) is 0. The lowest BCUT2D eigenvalue weighted by atomic mass is 10.4. The second kappa shape index (κ2) is 5.34. The molecule has 0 atom stereocenters. The van der Waals surface area contributed by atoms with Crippen molar-refractivity contribution < 1.29 is 4.39 Å². The molecule has 10 heavy (non-hydrogen) atoms. The largest absolute Gasteiger partial charge is 0.274 e. The van der Waals surface area contributed by atoms with Gasteiger partial charge in [-0.1, -0.05) is 22.0 Å². The molecule has 0 saturated carbocycles. The Hall–Kier alpha value is -0.450. The van der Waals surface area contributed by atoms with Crippen LogP contribution < -0.4 is 11.7 Å². The van der Waals surface area contributed by atoms with Crippen molar-refractivity contribution in [2.45, 2.75) is 0 Å². The fourth-order valence-electron chi connectivity index (χ4n) is 0.460. The highest BCUT2D eigenvalue weighted by Crippen LogP contribution is 2.09. The summed E-state index contributed by atoms with van der Waals surface area (Å²) >= 11 is 3.12. The minimum absolute atomic E-state index is 0.209. The molecule has 0 aliphatic heterocycles. The van der Waals surface area contributed by atoms with Gasteiger partial charge in [0.25, 0.3) is 0 Å². The molecule has 56 valence electrons. The van der Waals surface area contributed by atoms with Gasteiger partial charge < -0.3 is 0 Å². The maximum atomic E-state index is 12.1. The zero-order valence-electron chi connectivity index (χ0n) is 5.22. The van der Waals surface area contributed by atoms with E-state index in [0.717, 1.165) is 4.47 Å². The van der Waals surface area contributed by atoms with E-state index in [9.17, 15) is 4.39 Å². The second-order valence-electron chi connectivity index (χ2n) is 1.44. The molecule has 0 unspecified atom stereocenters. The van der Waals surface area contributed by atoms with E-state index in [-0.39, 0.29) is 5.82 Å². The Kier molecular flexibility index (Phi) is 5.10. The van der Waals surface area contributed by atoms with Crippen LogP contribution in [0, 0.1) is 5.82 Å². The first-order chi connectivity index (χ1) is 4.79. The number of benzene rings is 1. The average Bonchev–Trinajstić information content (AvgIpc) is 1.91. The molecule has 0 fully saturated rings. The van der Waals surface area contributed by atoms with Crippen molar-refractivity contribution in [2.75, 3.05) is 0 Å². The van der Waals surface area contributed by atoms with E-state index in [4.69, 9.17) is 0 Å². The van der Waals surface area contributed by atoms with Crippen LogP contribution in [0.4, 0.5) is 4.39 Å². The molecule has 0 aromatic heterocycles. The first kappa shape index (κ1) is 9.55. The minimum Gasteiger partial charge on any atom is -0.274 e. The predicted molar refractivity (Wildman–Crippen MR) is 42.5 cm³/mol. The van der Waals surface area contributed by atoms with Gasteiger partial charge in [0.2, 0.25) is 0 Å². The van der Waals surface area contributed by atoms with Crippen LogP contribution in [0.5, 0.6) is 0 Å². The Bertz CT molecular complexity index is 176. The van der Waals surface area contributed by atoms with Gasteiger partial charge in [-0.15, -0.1) is 0 Å². The van der Waals surface area contributed by atoms with E-state index in [1.165, 1.54) is 12.1 Å². The molecule has 0 bridgehead atoms. The maximum absolute atomic E-state index is 12.1. The van der Waals surface area contributed by atoms with Crippen LogP contribution in [0.3, 0.4) is 0 Å². The van der Waals surface area contributed by atoms with Crippen molar-refractivity contribution in [3.63, 3.8) is 0 Å². The van der Waals surface area contributed by atoms with Gasteiger partial charge in [0, 0.05) is 4.47 Å². The van der Waals surface area contributed by atoms with Gasteiger partial charge in [-0.05, 0) is 18.2 Å². The Morgan fingerprint density at radius 2 is 1.90 bits per heavy atom. The van der Waals surface area contributed by atoms with Crippen LogP contribution in [0.25, 0.3) is 0 Å². The summed E-state index contributed by atoms with van der Waals surface area (Å²) in [6, 6.07) is 6.26. The minimum atomic E-state index is -0.209. The van der Waals surface area contributed by atoms with Crippen LogP contribution in [0.1, 0.15) is 0 Å². The molecule has 4 heteroatoms. The van der Waals surface area contributed by atoms with Crippen LogP contribution in [0.15, 0.2) is 28.7 Å². The summed E-state index contributed by atoms with van der Waals surface area (Å²) in [4.78, 5) is 0. The monoisotopic (exact) mass is 206 g/mol. The van der Waals surface area contributed by atoms with Gasteiger partial charge in [-0.25, -0.2) is 4.39 Å². The predicted octanol–water partition coefficient (Wildman–Crippen LogP) is 1.41. The van der Waals surface area contributed by atoms with E-state index in [0.29, 0.717) is 0 Å². The molecule has 0 saturated heterocycles. The fraction of sp³-hybridized carbons (Fsp3) is 0. The number of halogens is 2. The lowest BCUT2D eigenvalue weighted by Crippen LogP contribution is -2.02. The highest BCUT2D eigenvalue weighted by Gasteiger charge is 1.86. The van der Waals surface area contributed by atoms with Gasteiger partial charge in [-0.3, -0.25) is 11.7 Å². The van der Waals surface area contributed by atoms with Crippen molar-refractivity contribution in [1.29, 1.82) is 0 Å². The van der Waals surface area contributed by atoms with Crippen LogP contribution >= 0.6 is 15.9 Å². The van der Waals surface area contributed by atoms with Crippen LogP contribution in [-0.2, 0) is 0 Å². The number of hydrazine groups is 1. The number of rotatable bonds is 0. The van der Waals surface area contributed by atoms with Gasteiger partial charge in [-0.2, -0.15) is 0 Å². The topological polar surface area (TPSA) is 52.0 Å². The van der Waals surface area contributed by atoms with Gasteiger partial charge in [0.1, 0.15) is 5.82 Å². The summed E-state index contributed by atoms with van der Waals surface area (Å²) in [6.45, 7) is 0. The van der Waals surface area contributed by atoms with E-state index >= 15 is 0 Å². The van der Waals surface area contributed by atoms with E-state index < -0.39 is 0 Å². The molecule has 0 aliphatic carbocycles. The molecular weight excluding hydrogens is 199 g/mol. The molecule has 0 heterocycles. The van der Waals surface area contributed by atoms with E-state index in [2.05, 4.69) is 27.6 Å². The van der Waals surface area contributed by atoms with E-state index in [1.54, 1.807) is 12.1 Å². The summed E-state index contributed by atoms with van der Waals surface area (Å²) in [5, 5.41) is 0. The lowest BCUT2D eigenvalue weighted by molar-refractivity contribution is 0.627. The molecular formula is C6H8BrFN2. The number of nitrogens with two attached hydrogens (primary N) is 2. The molecule has 2 nitrogen and oxygen atoms in total. The molecule has 1 rings (SSSR count). The van der Waals surface area contributed by atoms with Crippen LogP contribution in [0.2, 0.25) is 0 Å². The second-order valence-corrected chi connectivity index (χ2v) is 2.36. The van der Waals surface area contributed by atoms with Crippen LogP contribution in [-0.4, -0.2) is 0 Å². The molecule has 4 N–H and O–H groups in total. The van der Waals surface area contributed by atoms with Crippen molar-refractivity contribution in [3.8, 4) is 0 Å². The Labute approximate surface area is 67.1 Å². The zero-order valence-corrected chi connectivity index (χ0v) is 6.81. The first-order valence-electron chi connectivity index (χ1n) is 2.53. The first-order valence-corrected chi connectivity index (χ1v) is 3.33. The van der Waals surface area contributed by atoms with Gasteiger partial charge in [0.15, 0.2) is 0 Å². The maximum Gasteiger partial charge on any atom is 0.124 e. The van der Waals surface area contributed by atoms with Crippen molar-refractivity contribution >= 4 is 15.9 Å². The van der Waals surface area contributed by atoms with Crippen molar-refractivity contribution in [2.24, 2.45) is 11.7 Å².